The molecule has 3 aromatic rings. The summed E-state index contributed by atoms with van der Waals surface area (Å²) >= 11 is 20.1. The number of thioether (sulfide) groups is 1. The van der Waals surface area contributed by atoms with Gasteiger partial charge < -0.3 is 0 Å². The lowest BCUT2D eigenvalue weighted by Crippen LogP contribution is -1.94. The van der Waals surface area contributed by atoms with E-state index in [2.05, 4.69) is 10.1 Å². The van der Waals surface area contributed by atoms with E-state index in [1.54, 1.807) is 22.7 Å². The molecule has 0 aliphatic rings. The topological polar surface area (TPSA) is 30.2 Å². The summed E-state index contributed by atoms with van der Waals surface area (Å²) < 4.78 is 1.63. The van der Waals surface area contributed by atoms with E-state index in [1.165, 1.54) is 11.8 Å². The Morgan fingerprint density at radius 2 is 1.90 bits per heavy atom. The lowest BCUT2D eigenvalue weighted by Gasteiger charge is -2.05. The van der Waals surface area contributed by atoms with E-state index in [0.29, 0.717) is 20.8 Å². The highest BCUT2D eigenvalue weighted by molar-refractivity contribution is 7.98. The third kappa shape index (κ3) is 2.61. The van der Waals surface area contributed by atoms with E-state index in [9.17, 15) is 0 Å². The maximum atomic E-state index is 6.34. The van der Waals surface area contributed by atoms with Crippen molar-refractivity contribution in [3.05, 3.63) is 45.2 Å². The average molecular weight is 359 g/mol. The van der Waals surface area contributed by atoms with Crippen molar-refractivity contribution in [1.82, 2.24) is 14.6 Å². The number of aromatic nitrogens is 3. The summed E-state index contributed by atoms with van der Waals surface area (Å²) in [7, 11) is 0. The standard InChI is InChI=1S/C14H10Cl3N3S/c1-7-5-11(17)20-13(18-7)12(14(19-20)21-2)9-4-3-8(15)6-10(9)16/h3-6H,1-2H3. The molecule has 0 spiro atoms. The largest absolute Gasteiger partial charge is 0.233 e. The molecule has 0 saturated carbocycles. The van der Waals surface area contributed by atoms with Crippen molar-refractivity contribution in [2.75, 3.05) is 6.26 Å². The van der Waals surface area contributed by atoms with Crippen LogP contribution >= 0.6 is 46.6 Å². The van der Waals surface area contributed by atoms with Crippen LogP contribution in [0.15, 0.2) is 29.3 Å². The Morgan fingerprint density at radius 3 is 2.57 bits per heavy atom. The first kappa shape index (κ1) is 15.0. The van der Waals surface area contributed by atoms with Crippen molar-refractivity contribution >= 4 is 52.2 Å². The second-order valence-corrected chi connectivity index (χ2v) is 6.49. The first-order valence-corrected chi connectivity index (χ1v) is 8.42. The van der Waals surface area contributed by atoms with E-state index in [0.717, 1.165) is 21.8 Å². The van der Waals surface area contributed by atoms with E-state index in [4.69, 9.17) is 34.8 Å². The second kappa shape index (κ2) is 5.69. The molecular formula is C14H10Cl3N3S. The Labute approximate surface area is 141 Å². The molecule has 2 heterocycles. The predicted octanol–water partition coefficient (Wildman–Crippen LogP) is 5.39. The van der Waals surface area contributed by atoms with E-state index >= 15 is 0 Å². The fourth-order valence-corrected chi connectivity index (χ4v) is 3.49. The lowest BCUT2D eigenvalue weighted by molar-refractivity contribution is 0.884. The zero-order valence-electron chi connectivity index (χ0n) is 11.2. The van der Waals surface area contributed by atoms with Crippen LogP contribution in [-0.2, 0) is 0 Å². The van der Waals surface area contributed by atoms with Crippen molar-refractivity contribution in [1.29, 1.82) is 0 Å². The number of hydrogen-bond acceptors (Lipinski definition) is 3. The van der Waals surface area contributed by atoms with Gasteiger partial charge in [-0.05, 0) is 31.4 Å². The second-order valence-electron chi connectivity index (χ2n) is 4.46. The zero-order valence-corrected chi connectivity index (χ0v) is 14.3. The van der Waals surface area contributed by atoms with Crippen LogP contribution in [0.5, 0.6) is 0 Å². The van der Waals surface area contributed by atoms with Gasteiger partial charge in [0.2, 0.25) is 0 Å². The summed E-state index contributed by atoms with van der Waals surface area (Å²) in [5.41, 5.74) is 3.23. The predicted molar refractivity (Wildman–Crippen MR) is 90.0 cm³/mol. The van der Waals surface area contributed by atoms with Gasteiger partial charge in [-0.15, -0.1) is 11.8 Å². The van der Waals surface area contributed by atoms with Gasteiger partial charge in [-0.2, -0.15) is 5.10 Å². The van der Waals surface area contributed by atoms with Crippen molar-refractivity contribution in [2.24, 2.45) is 0 Å². The molecule has 21 heavy (non-hydrogen) atoms. The Bertz CT molecular complexity index is 845. The van der Waals surface area contributed by atoms with Crippen LogP contribution in [0.25, 0.3) is 16.8 Å². The summed E-state index contributed by atoms with van der Waals surface area (Å²) in [6, 6.07) is 7.16. The molecule has 0 saturated heterocycles. The summed E-state index contributed by atoms with van der Waals surface area (Å²) in [6.45, 7) is 1.89. The number of rotatable bonds is 2. The van der Waals surface area contributed by atoms with Gasteiger partial charge in [-0.3, -0.25) is 0 Å². The van der Waals surface area contributed by atoms with Crippen molar-refractivity contribution in [3.63, 3.8) is 0 Å². The fourth-order valence-electron chi connectivity index (χ4n) is 2.15. The monoisotopic (exact) mass is 357 g/mol. The van der Waals surface area contributed by atoms with Crippen molar-refractivity contribution in [2.45, 2.75) is 11.9 Å². The molecule has 0 amide bonds. The van der Waals surface area contributed by atoms with Gasteiger partial charge in [0.05, 0.1) is 10.6 Å². The zero-order chi connectivity index (χ0) is 15.1. The maximum absolute atomic E-state index is 6.34. The third-order valence-corrected chi connectivity index (χ3v) is 4.52. The molecule has 0 aliphatic heterocycles. The molecule has 0 bridgehead atoms. The van der Waals surface area contributed by atoms with Crippen LogP contribution < -0.4 is 0 Å². The molecule has 3 nitrogen and oxygen atoms in total. The van der Waals surface area contributed by atoms with Gasteiger partial charge in [-0.25, -0.2) is 9.50 Å². The highest BCUT2D eigenvalue weighted by atomic mass is 35.5. The minimum Gasteiger partial charge on any atom is -0.233 e. The van der Waals surface area contributed by atoms with Crippen LogP contribution in [0.1, 0.15) is 5.69 Å². The van der Waals surface area contributed by atoms with Crippen molar-refractivity contribution < 1.29 is 0 Å². The fraction of sp³-hybridized carbons (Fsp3) is 0.143. The van der Waals surface area contributed by atoms with Gasteiger partial charge in [-0.1, -0.05) is 40.9 Å². The molecule has 3 rings (SSSR count). The van der Waals surface area contributed by atoms with E-state index < -0.39 is 0 Å². The van der Waals surface area contributed by atoms with Gasteiger partial charge >= 0.3 is 0 Å². The molecule has 0 N–H and O–H groups in total. The number of halogens is 3. The number of benzene rings is 1. The smallest absolute Gasteiger partial charge is 0.166 e. The van der Waals surface area contributed by atoms with Crippen LogP contribution in [0.4, 0.5) is 0 Å². The summed E-state index contributed by atoms with van der Waals surface area (Å²) in [6.07, 6.45) is 1.95. The van der Waals surface area contributed by atoms with Crippen LogP contribution in [-0.4, -0.2) is 20.9 Å². The van der Waals surface area contributed by atoms with Gasteiger partial charge in [0.15, 0.2) is 5.65 Å². The molecule has 108 valence electrons. The van der Waals surface area contributed by atoms with E-state index in [1.807, 2.05) is 19.2 Å². The highest BCUT2D eigenvalue weighted by Gasteiger charge is 2.19. The molecule has 0 atom stereocenters. The van der Waals surface area contributed by atoms with Crippen molar-refractivity contribution in [3.8, 4) is 11.1 Å². The minimum atomic E-state index is 0.518. The summed E-state index contributed by atoms with van der Waals surface area (Å²) in [5.74, 6) is 0. The first-order chi connectivity index (χ1) is 10.0. The SMILES string of the molecule is CSc1nn2c(Cl)cc(C)nc2c1-c1ccc(Cl)cc1Cl. The molecule has 0 radical (unpaired) electrons. The quantitative estimate of drug-likeness (QED) is 0.454. The number of fused-ring (bicyclic) bond motifs is 1. The van der Waals surface area contributed by atoms with Crippen LogP contribution in [0.2, 0.25) is 15.2 Å². The third-order valence-electron chi connectivity index (χ3n) is 3.04. The highest BCUT2D eigenvalue weighted by Crippen LogP contribution is 2.38. The van der Waals surface area contributed by atoms with Crippen LogP contribution in [0.3, 0.4) is 0 Å². The van der Waals surface area contributed by atoms with Gasteiger partial charge in [0.1, 0.15) is 10.2 Å². The normalized spacial score (nSPS) is 11.3. The molecule has 1 aromatic carbocycles. The maximum Gasteiger partial charge on any atom is 0.166 e. The number of hydrogen-bond donors (Lipinski definition) is 0. The molecule has 0 unspecified atom stereocenters. The van der Waals surface area contributed by atoms with Gasteiger partial charge in [0, 0.05) is 16.3 Å². The number of nitrogens with zero attached hydrogens (tertiary/aromatic N) is 3. The first-order valence-electron chi connectivity index (χ1n) is 6.06. The minimum absolute atomic E-state index is 0.518. The van der Waals surface area contributed by atoms with Crippen LogP contribution in [0, 0.1) is 6.92 Å². The average Bonchev–Trinajstić information content (AvgIpc) is 2.77. The Balaban J connectivity index is 2.40. The molecule has 7 heteroatoms. The van der Waals surface area contributed by atoms with E-state index in [-0.39, 0.29) is 0 Å². The molecule has 2 aromatic heterocycles. The van der Waals surface area contributed by atoms with Gasteiger partial charge in [0.25, 0.3) is 0 Å². The Morgan fingerprint density at radius 1 is 1.14 bits per heavy atom. The summed E-state index contributed by atoms with van der Waals surface area (Å²) in [5, 5.41) is 6.99. The lowest BCUT2D eigenvalue weighted by atomic mass is 10.1. The molecule has 0 aliphatic carbocycles. The molecule has 0 fully saturated rings. The summed E-state index contributed by atoms with van der Waals surface area (Å²) in [4.78, 5) is 4.56. The Hall–Kier alpha value is -0.940. The molecular weight excluding hydrogens is 349 g/mol. The Kier molecular flexibility index (Phi) is 4.06. The number of aryl methyl sites for hydroxylation is 1.